The minimum absolute atomic E-state index is 0.690. The van der Waals surface area contributed by atoms with Gasteiger partial charge in [0.15, 0.2) is 0 Å². The van der Waals surface area contributed by atoms with Crippen LogP contribution < -0.4 is 0 Å². The number of hydrogen-bond acceptors (Lipinski definition) is 3. The van der Waals surface area contributed by atoms with Crippen LogP contribution in [0.2, 0.25) is 5.02 Å². The average Bonchev–Trinajstić information content (AvgIpc) is 2.74. The maximum Gasteiger partial charge on any atom is 0.143 e. The molecule has 0 N–H and O–H groups in total. The summed E-state index contributed by atoms with van der Waals surface area (Å²) in [5.74, 6) is 0. The molecule has 2 aromatic carbocycles. The van der Waals surface area contributed by atoms with Gasteiger partial charge < -0.3 is 0 Å². The molecule has 2 nitrogen and oxygen atoms in total. The molecular weight excluding hydrogens is 264 g/mol. The molecular formula is C14H7ClN2S. The van der Waals surface area contributed by atoms with Crippen LogP contribution in [0.15, 0.2) is 42.5 Å². The zero-order valence-electron chi connectivity index (χ0n) is 9.22. The smallest absolute Gasteiger partial charge is 0.143 e. The third kappa shape index (κ3) is 1.41. The zero-order valence-corrected chi connectivity index (χ0v) is 10.8. The molecule has 0 saturated carbocycles. The molecule has 2 heterocycles. The van der Waals surface area contributed by atoms with Crippen molar-refractivity contribution >= 4 is 54.4 Å². The third-order valence-corrected chi connectivity index (χ3v) is 4.23. The van der Waals surface area contributed by atoms with E-state index in [9.17, 15) is 0 Å². The highest BCUT2D eigenvalue weighted by Gasteiger charge is 2.08. The molecule has 4 rings (SSSR count). The molecule has 0 unspecified atom stereocenters. The number of aromatic nitrogens is 2. The molecule has 2 aromatic heterocycles. The highest BCUT2D eigenvalue weighted by molar-refractivity contribution is 7.25. The number of hydrogen-bond donors (Lipinski definition) is 0. The molecule has 0 saturated heterocycles. The van der Waals surface area contributed by atoms with Gasteiger partial charge in [0.2, 0.25) is 0 Å². The minimum atomic E-state index is 0.690. The molecule has 4 heteroatoms. The van der Waals surface area contributed by atoms with Crippen molar-refractivity contribution in [1.29, 1.82) is 0 Å². The summed E-state index contributed by atoms with van der Waals surface area (Å²) in [6.07, 6.45) is 0. The number of benzene rings is 2. The van der Waals surface area contributed by atoms with Gasteiger partial charge in [-0.15, -0.1) is 11.3 Å². The van der Waals surface area contributed by atoms with E-state index in [4.69, 9.17) is 16.6 Å². The summed E-state index contributed by atoms with van der Waals surface area (Å²) in [6, 6.07) is 13.9. The summed E-state index contributed by atoms with van der Waals surface area (Å²) in [5, 5.41) is 1.85. The van der Waals surface area contributed by atoms with Gasteiger partial charge in [-0.3, -0.25) is 0 Å². The molecule has 0 aliphatic carbocycles. The van der Waals surface area contributed by atoms with Crippen molar-refractivity contribution in [3.8, 4) is 0 Å². The number of nitrogens with zero attached hydrogens (tertiary/aromatic N) is 2. The lowest BCUT2D eigenvalue weighted by atomic mass is 10.2. The zero-order chi connectivity index (χ0) is 12.1. The molecule has 0 atom stereocenters. The van der Waals surface area contributed by atoms with Crippen molar-refractivity contribution in [2.24, 2.45) is 0 Å². The number of halogens is 1. The monoisotopic (exact) mass is 270 g/mol. The second-order valence-electron chi connectivity index (χ2n) is 4.11. The highest BCUT2D eigenvalue weighted by Crippen LogP contribution is 2.32. The Morgan fingerprint density at radius 2 is 1.83 bits per heavy atom. The largest absolute Gasteiger partial charge is 0.243 e. The maximum atomic E-state index is 6.00. The van der Waals surface area contributed by atoms with Gasteiger partial charge >= 0.3 is 0 Å². The van der Waals surface area contributed by atoms with E-state index >= 15 is 0 Å². The van der Waals surface area contributed by atoms with Crippen LogP contribution in [0, 0.1) is 0 Å². The predicted molar refractivity (Wildman–Crippen MR) is 77.4 cm³/mol. The second kappa shape index (κ2) is 3.64. The standard InChI is InChI=1S/C14H7ClN2S/c15-8-5-6-10-11(7-8)16-13-9-3-1-2-4-12(9)18-14(13)17-10/h1-7H. The van der Waals surface area contributed by atoms with E-state index in [2.05, 4.69) is 17.1 Å². The van der Waals surface area contributed by atoms with Crippen LogP contribution in [0.4, 0.5) is 0 Å². The summed E-state index contributed by atoms with van der Waals surface area (Å²) in [7, 11) is 0. The first-order valence-electron chi connectivity index (χ1n) is 5.56. The Labute approximate surface area is 112 Å². The molecule has 0 bridgehead atoms. The van der Waals surface area contributed by atoms with E-state index in [-0.39, 0.29) is 0 Å². The summed E-state index contributed by atoms with van der Waals surface area (Å²) < 4.78 is 1.22. The van der Waals surface area contributed by atoms with Crippen LogP contribution in [-0.4, -0.2) is 9.97 Å². The minimum Gasteiger partial charge on any atom is -0.243 e. The molecule has 0 radical (unpaired) electrons. The summed E-state index contributed by atoms with van der Waals surface area (Å²) in [6.45, 7) is 0. The van der Waals surface area contributed by atoms with Crippen molar-refractivity contribution in [3.05, 3.63) is 47.5 Å². The fourth-order valence-electron chi connectivity index (χ4n) is 2.11. The van der Waals surface area contributed by atoms with E-state index in [0.29, 0.717) is 5.02 Å². The Morgan fingerprint density at radius 3 is 2.78 bits per heavy atom. The van der Waals surface area contributed by atoms with Crippen LogP contribution in [0.1, 0.15) is 0 Å². The van der Waals surface area contributed by atoms with Crippen molar-refractivity contribution in [1.82, 2.24) is 9.97 Å². The Balaban J connectivity index is 2.24. The van der Waals surface area contributed by atoms with Gasteiger partial charge in [0.05, 0.1) is 11.0 Å². The summed E-state index contributed by atoms with van der Waals surface area (Å²) in [4.78, 5) is 10.3. The number of thiophene rings is 1. The van der Waals surface area contributed by atoms with Crippen LogP contribution >= 0.6 is 22.9 Å². The second-order valence-corrected chi connectivity index (χ2v) is 5.58. The van der Waals surface area contributed by atoms with Crippen LogP contribution in [0.3, 0.4) is 0 Å². The van der Waals surface area contributed by atoms with Gasteiger partial charge in [0.1, 0.15) is 10.3 Å². The van der Waals surface area contributed by atoms with E-state index in [1.54, 1.807) is 11.3 Å². The van der Waals surface area contributed by atoms with Gasteiger partial charge in [-0.2, -0.15) is 0 Å². The Bertz CT molecular complexity index is 898. The Hall–Kier alpha value is -1.71. The summed E-state index contributed by atoms with van der Waals surface area (Å²) >= 11 is 7.67. The van der Waals surface area contributed by atoms with Crippen LogP contribution in [0.5, 0.6) is 0 Å². The molecule has 0 spiro atoms. The molecule has 0 amide bonds. The van der Waals surface area contributed by atoms with Crippen molar-refractivity contribution < 1.29 is 0 Å². The van der Waals surface area contributed by atoms with Gasteiger partial charge in [0, 0.05) is 15.1 Å². The van der Waals surface area contributed by atoms with Crippen molar-refractivity contribution in [3.63, 3.8) is 0 Å². The van der Waals surface area contributed by atoms with Crippen molar-refractivity contribution in [2.75, 3.05) is 0 Å². The molecule has 4 aromatic rings. The summed E-state index contributed by atoms with van der Waals surface area (Å²) in [5.41, 5.74) is 2.70. The Morgan fingerprint density at radius 1 is 0.944 bits per heavy atom. The topological polar surface area (TPSA) is 25.8 Å². The lowest BCUT2D eigenvalue weighted by molar-refractivity contribution is 1.43. The molecule has 0 aliphatic heterocycles. The third-order valence-electron chi connectivity index (χ3n) is 2.94. The SMILES string of the molecule is Clc1ccc2nc3sc4ccccc4c3nc2c1. The first kappa shape index (κ1) is 10.2. The molecule has 86 valence electrons. The normalized spacial score (nSPS) is 11.6. The lowest BCUT2D eigenvalue weighted by Gasteiger charge is -1.97. The molecule has 0 fully saturated rings. The van der Waals surface area contributed by atoms with E-state index in [0.717, 1.165) is 26.8 Å². The first-order valence-corrected chi connectivity index (χ1v) is 6.75. The van der Waals surface area contributed by atoms with Gasteiger partial charge in [-0.25, -0.2) is 9.97 Å². The molecule has 0 aliphatic rings. The van der Waals surface area contributed by atoms with E-state index in [1.165, 1.54) is 4.70 Å². The van der Waals surface area contributed by atoms with E-state index < -0.39 is 0 Å². The number of fused-ring (bicyclic) bond motifs is 4. The van der Waals surface area contributed by atoms with Crippen LogP contribution in [-0.2, 0) is 0 Å². The fraction of sp³-hybridized carbons (Fsp3) is 0. The average molecular weight is 271 g/mol. The maximum absolute atomic E-state index is 6.00. The van der Waals surface area contributed by atoms with Crippen molar-refractivity contribution in [2.45, 2.75) is 0 Å². The number of rotatable bonds is 0. The van der Waals surface area contributed by atoms with Gasteiger partial charge in [-0.1, -0.05) is 29.8 Å². The lowest BCUT2D eigenvalue weighted by Crippen LogP contribution is -1.83. The van der Waals surface area contributed by atoms with E-state index in [1.807, 2.05) is 30.3 Å². The Kier molecular flexibility index (Phi) is 2.07. The highest BCUT2D eigenvalue weighted by atomic mass is 35.5. The quantitative estimate of drug-likeness (QED) is 0.465. The predicted octanol–water partition coefficient (Wildman–Crippen LogP) is 4.65. The van der Waals surface area contributed by atoms with Gasteiger partial charge in [-0.05, 0) is 24.3 Å². The van der Waals surface area contributed by atoms with Crippen LogP contribution in [0.25, 0.3) is 31.5 Å². The van der Waals surface area contributed by atoms with Gasteiger partial charge in [0.25, 0.3) is 0 Å². The molecule has 18 heavy (non-hydrogen) atoms. The fourth-order valence-corrected chi connectivity index (χ4v) is 3.31. The first-order chi connectivity index (χ1) is 8.81.